The Kier molecular flexibility index (Phi) is 10.2. The average Bonchev–Trinajstić information content (AvgIpc) is 3.50. The fourth-order valence-electron chi connectivity index (χ4n) is 5.17. The minimum absolute atomic E-state index is 0.0225. The zero-order valence-corrected chi connectivity index (χ0v) is 25.0. The van der Waals surface area contributed by atoms with Gasteiger partial charge in [0, 0.05) is 61.4 Å². The van der Waals surface area contributed by atoms with E-state index in [-0.39, 0.29) is 55.5 Å². The maximum absolute atomic E-state index is 14.8. The number of methoxy groups -OCH3 is 1. The van der Waals surface area contributed by atoms with Gasteiger partial charge in [-0.15, -0.1) is 0 Å². The number of hydrogen-bond donors (Lipinski definition) is 4. The van der Waals surface area contributed by atoms with Crippen LogP contribution in [0.5, 0.6) is 5.75 Å². The molecule has 238 valence electrons. The molecule has 0 unspecified atom stereocenters. The predicted octanol–water partition coefficient (Wildman–Crippen LogP) is 2.53. The molecule has 2 amide bonds. The monoisotopic (exact) mass is 623 g/mol. The van der Waals surface area contributed by atoms with Gasteiger partial charge in [-0.3, -0.25) is 14.0 Å². The first-order chi connectivity index (χ1) is 21.8. The summed E-state index contributed by atoms with van der Waals surface area (Å²) in [5, 5.41) is 18.5. The Balaban J connectivity index is 1.20. The smallest absolute Gasteiger partial charge is 0.251 e. The van der Waals surface area contributed by atoms with Gasteiger partial charge in [-0.25, -0.2) is 14.4 Å². The molecule has 0 spiro atoms. The summed E-state index contributed by atoms with van der Waals surface area (Å²) in [4.78, 5) is 35.7. The number of nitrogens with zero attached hydrogens (tertiary/aromatic N) is 4. The number of hydrogen-bond acceptors (Lipinski definition) is 9. The first kappa shape index (κ1) is 31.8. The van der Waals surface area contributed by atoms with Crippen LogP contribution in [-0.2, 0) is 16.0 Å². The number of aryl methyl sites for hydroxylation is 1. The number of fused-ring (bicyclic) bond motifs is 1. The maximum atomic E-state index is 14.8. The summed E-state index contributed by atoms with van der Waals surface area (Å²) in [7, 11) is 1.27. The van der Waals surface area contributed by atoms with Crippen molar-refractivity contribution in [3.8, 4) is 17.0 Å². The van der Waals surface area contributed by atoms with E-state index in [9.17, 15) is 23.5 Å². The number of ether oxygens (including phenoxy) is 2. The Morgan fingerprint density at radius 2 is 2.02 bits per heavy atom. The summed E-state index contributed by atoms with van der Waals surface area (Å²) in [6.07, 6.45) is 5.14. The number of aliphatic hydroxyl groups is 1. The van der Waals surface area contributed by atoms with E-state index in [1.807, 2.05) is 13.0 Å². The number of anilines is 2. The summed E-state index contributed by atoms with van der Waals surface area (Å²) < 4.78 is 41.2. The second-order valence-corrected chi connectivity index (χ2v) is 10.4. The molecule has 0 radical (unpaired) electrons. The molecule has 0 aliphatic carbocycles. The fraction of sp³-hybridized carbons (Fsp3) is 0.355. The molecule has 1 aliphatic rings. The lowest BCUT2D eigenvalue weighted by atomic mass is 10.0. The van der Waals surface area contributed by atoms with Gasteiger partial charge in [0.05, 0.1) is 32.2 Å². The van der Waals surface area contributed by atoms with Gasteiger partial charge >= 0.3 is 0 Å². The van der Waals surface area contributed by atoms with Crippen molar-refractivity contribution in [2.24, 2.45) is 0 Å². The predicted molar refractivity (Wildman–Crippen MR) is 163 cm³/mol. The van der Waals surface area contributed by atoms with Crippen LogP contribution in [0.3, 0.4) is 0 Å². The van der Waals surface area contributed by atoms with E-state index in [0.717, 1.165) is 5.56 Å². The Morgan fingerprint density at radius 3 is 2.80 bits per heavy atom. The number of amides is 2. The SMILES string of the molecule is CCc1cc(Nc2nccn3c(-c4ccc(OC)c(F)c4F)cnc23)ccc1C(=O)NCCOCC(=O)N1CCN[C@H](CO)C1. The van der Waals surface area contributed by atoms with Gasteiger partial charge < -0.3 is 35.4 Å². The van der Waals surface area contributed by atoms with Gasteiger partial charge in [-0.05, 0) is 42.3 Å². The molecule has 1 atom stereocenters. The van der Waals surface area contributed by atoms with Crippen LogP contribution in [-0.4, -0.2) is 95.3 Å². The van der Waals surface area contributed by atoms with E-state index in [4.69, 9.17) is 9.47 Å². The third-order valence-electron chi connectivity index (χ3n) is 7.55. The maximum Gasteiger partial charge on any atom is 0.251 e. The molecule has 1 saturated heterocycles. The van der Waals surface area contributed by atoms with Crippen LogP contribution in [0, 0.1) is 11.6 Å². The fourth-order valence-corrected chi connectivity index (χ4v) is 5.17. The number of halogens is 2. The van der Waals surface area contributed by atoms with Crippen molar-refractivity contribution >= 4 is 29.0 Å². The number of rotatable bonds is 12. The number of carbonyl (C=O) groups excluding carboxylic acids is 2. The quantitative estimate of drug-likeness (QED) is 0.175. The lowest BCUT2D eigenvalue weighted by molar-refractivity contribution is -0.137. The lowest BCUT2D eigenvalue weighted by Crippen LogP contribution is -2.54. The summed E-state index contributed by atoms with van der Waals surface area (Å²) in [5.74, 6) is -2.36. The molecule has 1 aliphatic heterocycles. The molecule has 2 aromatic carbocycles. The minimum Gasteiger partial charge on any atom is -0.494 e. The van der Waals surface area contributed by atoms with E-state index >= 15 is 0 Å². The molecule has 12 nitrogen and oxygen atoms in total. The van der Waals surface area contributed by atoms with E-state index in [1.165, 1.54) is 31.6 Å². The Bertz CT molecular complexity index is 1680. The van der Waals surface area contributed by atoms with Crippen LogP contribution >= 0.6 is 0 Å². The van der Waals surface area contributed by atoms with E-state index in [2.05, 4.69) is 25.9 Å². The third kappa shape index (κ3) is 7.03. The van der Waals surface area contributed by atoms with Crippen LogP contribution < -0.4 is 20.7 Å². The van der Waals surface area contributed by atoms with E-state index in [1.54, 1.807) is 27.6 Å². The molecule has 14 heteroatoms. The van der Waals surface area contributed by atoms with E-state index < -0.39 is 11.6 Å². The second kappa shape index (κ2) is 14.4. The van der Waals surface area contributed by atoms with Crippen LogP contribution in [0.25, 0.3) is 16.9 Å². The number of benzene rings is 2. The first-order valence-corrected chi connectivity index (χ1v) is 14.6. The average molecular weight is 624 g/mol. The van der Waals surface area contributed by atoms with Gasteiger partial charge in [0.25, 0.3) is 5.91 Å². The number of aromatic nitrogens is 3. The Morgan fingerprint density at radius 1 is 1.18 bits per heavy atom. The molecule has 5 rings (SSSR count). The Labute approximate surface area is 258 Å². The molecule has 2 aromatic heterocycles. The second-order valence-electron chi connectivity index (χ2n) is 10.4. The largest absolute Gasteiger partial charge is 0.494 e. The highest BCUT2D eigenvalue weighted by Crippen LogP contribution is 2.31. The summed E-state index contributed by atoms with van der Waals surface area (Å²) in [6, 6.07) is 7.93. The van der Waals surface area contributed by atoms with Crippen molar-refractivity contribution < 1.29 is 33.0 Å². The van der Waals surface area contributed by atoms with Crippen molar-refractivity contribution in [3.05, 3.63) is 71.7 Å². The number of carbonyl (C=O) groups is 2. The van der Waals surface area contributed by atoms with Crippen molar-refractivity contribution in [2.75, 3.05) is 58.4 Å². The highest BCUT2D eigenvalue weighted by Gasteiger charge is 2.23. The molecular formula is C31H35F2N7O5. The van der Waals surface area contributed by atoms with Crippen LogP contribution in [0.1, 0.15) is 22.8 Å². The molecule has 4 N–H and O–H groups in total. The van der Waals surface area contributed by atoms with Crippen molar-refractivity contribution in [2.45, 2.75) is 19.4 Å². The first-order valence-electron chi connectivity index (χ1n) is 14.6. The molecule has 0 saturated carbocycles. The van der Waals surface area contributed by atoms with Crippen LogP contribution in [0.15, 0.2) is 48.9 Å². The van der Waals surface area contributed by atoms with Crippen LogP contribution in [0.2, 0.25) is 0 Å². The number of nitrogens with one attached hydrogen (secondary N) is 3. The third-order valence-corrected chi connectivity index (χ3v) is 7.55. The zero-order chi connectivity index (χ0) is 31.9. The number of imidazole rings is 1. The zero-order valence-electron chi connectivity index (χ0n) is 25.0. The standard InChI is InChI=1S/C31H35F2N7O5/c1-3-19-14-20(4-5-22(19)31(43)36-10-13-45-18-26(42)39-11-8-34-21(16-39)17-41)38-29-30-37-15-24(40(30)12-9-35-29)23-6-7-25(44-2)28(33)27(23)32/h4-7,9,12,14-15,21,34,41H,3,8,10-11,13,16-18H2,1-2H3,(H,35,38)(H,36,43)/t21-/m0/s1. The van der Waals surface area contributed by atoms with Gasteiger partial charge in [0.2, 0.25) is 11.7 Å². The summed E-state index contributed by atoms with van der Waals surface area (Å²) in [6.45, 7) is 3.79. The molecule has 4 aromatic rings. The number of piperazine rings is 1. The molecule has 3 heterocycles. The van der Waals surface area contributed by atoms with Crippen molar-refractivity contribution in [1.29, 1.82) is 0 Å². The molecule has 45 heavy (non-hydrogen) atoms. The van der Waals surface area contributed by atoms with Gasteiger partial charge in [0.15, 0.2) is 23.0 Å². The van der Waals surface area contributed by atoms with Crippen molar-refractivity contribution in [3.63, 3.8) is 0 Å². The van der Waals surface area contributed by atoms with E-state index in [0.29, 0.717) is 54.5 Å². The highest BCUT2D eigenvalue weighted by atomic mass is 19.2. The summed E-state index contributed by atoms with van der Waals surface area (Å²) in [5.41, 5.74) is 2.70. The minimum atomic E-state index is -1.08. The van der Waals surface area contributed by atoms with Crippen molar-refractivity contribution in [1.82, 2.24) is 29.9 Å². The highest BCUT2D eigenvalue weighted by molar-refractivity contribution is 5.96. The Hall–Kier alpha value is -4.66. The molecule has 1 fully saturated rings. The molecule has 0 bridgehead atoms. The van der Waals surface area contributed by atoms with Gasteiger partial charge in [-0.1, -0.05) is 6.92 Å². The topological polar surface area (TPSA) is 142 Å². The van der Waals surface area contributed by atoms with Crippen LogP contribution in [0.4, 0.5) is 20.3 Å². The number of aliphatic hydroxyl groups excluding tert-OH is 1. The summed E-state index contributed by atoms with van der Waals surface area (Å²) >= 11 is 0. The van der Waals surface area contributed by atoms with Gasteiger partial charge in [0.1, 0.15) is 6.61 Å². The lowest BCUT2D eigenvalue weighted by Gasteiger charge is -2.32. The normalized spacial score (nSPS) is 14.9. The molecular weight excluding hydrogens is 588 g/mol. The van der Waals surface area contributed by atoms with Gasteiger partial charge in [-0.2, -0.15) is 4.39 Å².